The first kappa shape index (κ1) is 26.6. The van der Waals surface area contributed by atoms with Crippen molar-refractivity contribution in [2.45, 2.75) is 44.0 Å². The Morgan fingerprint density at radius 2 is 1.85 bits per heavy atom. The average Bonchev–Trinajstić information content (AvgIpc) is 3.26. The second-order valence-electron chi connectivity index (χ2n) is 8.89. The average molecular weight is 566 g/mol. The first-order valence-corrected chi connectivity index (χ1v) is 12.0. The van der Waals surface area contributed by atoms with Crippen molar-refractivity contribution in [3.05, 3.63) is 81.8 Å². The Hall–Kier alpha value is -4.04. The van der Waals surface area contributed by atoms with Crippen LogP contribution in [-0.4, -0.2) is 64.6 Å². The molecule has 0 spiro atoms. The highest BCUT2D eigenvalue weighted by Gasteiger charge is 2.40. The highest BCUT2D eigenvalue weighted by molar-refractivity contribution is 6.30. The Bertz CT molecular complexity index is 1560. The van der Waals surface area contributed by atoms with Crippen LogP contribution in [0.25, 0.3) is 17.1 Å². The zero-order valence-electron chi connectivity index (χ0n) is 19.9. The minimum absolute atomic E-state index is 0.0713. The molecule has 1 saturated carbocycles. The number of nitrogens with zero attached hydrogens (tertiary/aromatic N) is 6. The highest BCUT2D eigenvalue weighted by Crippen LogP contribution is 2.26. The van der Waals surface area contributed by atoms with E-state index in [1.54, 1.807) is 18.2 Å². The van der Waals surface area contributed by atoms with Crippen molar-refractivity contribution in [2.24, 2.45) is 0 Å². The van der Waals surface area contributed by atoms with Crippen LogP contribution in [0.2, 0.25) is 5.02 Å². The first-order chi connectivity index (χ1) is 18.5. The van der Waals surface area contributed by atoms with Gasteiger partial charge in [-0.05, 0) is 36.4 Å². The fourth-order valence-electron chi connectivity index (χ4n) is 3.84. The molecule has 10 nitrogen and oxygen atoms in total. The van der Waals surface area contributed by atoms with Gasteiger partial charge in [-0.2, -0.15) is 13.2 Å². The van der Waals surface area contributed by atoms with Gasteiger partial charge in [-0.1, -0.05) is 23.7 Å². The number of carbonyl (C=O) groups is 1. The molecule has 2 aromatic heterocycles. The third-order valence-corrected chi connectivity index (χ3v) is 6.27. The van der Waals surface area contributed by atoms with Crippen molar-refractivity contribution >= 4 is 17.5 Å². The van der Waals surface area contributed by atoms with Gasteiger partial charge in [-0.3, -0.25) is 9.36 Å². The van der Waals surface area contributed by atoms with Crippen LogP contribution >= 0.6 is 11.6 Å². The molecular weight excluding hydrogens is 546 g/mol. The van der Waals surface area contributed by atoms with Gasteiger partial charge in [0, 0.05) is 17.0 Å². The number of nitrogens with one attached hydrogen (secondary N) is 1. The summed E-state index contributed by atoms with van der Waals surface area (Å²) in [6, 6.07) is 11.8. The number of halogens is 5. The Morgan fingerprint density at radius 3 is 2.51 bits per heavy atom. The summed E-state index contributed by atoms with van der Waals surface area (Å²) in [5.41, 5.74) is -0.0580. The summed E-state index contributed by atoms with van der Waals surface area (Å²) in [5.74, 6) is -0.534. The lowest BCUT2D eigenvalue weighted by molar-refractivity contribution is -0.207. The SMILES string of the molecule is O=C(NC1CC1F)c1ccccc1-n1cnc(Cn2nc(-c3ccc(Cl)cc3)n(CC(O)C(F)(F)F)c2=O)n1. The van der Waals surface area contributed by atoms with Gasteiger partial charge in [0.1, 0.15) is 19.0 Å². The molecule has 2 heterocycles. The van der Waals surface area contributed by atoms with Crippen LogP contribution < -0.4 is 11.0 Å². The van der Waals surface area contributed by atoms with Crippen LogP contribution in [0.1, 0.15) is 22.6 Å². The lowest BCUT2D eigenvalue weighted by atomic mass is 10.1. The number of benzene rings is 2. The summed E-state index contributed by atoms with van der Waals surface area (Å²) < 4.78 is 55.4. The molecule has 1 aliphatic carbocycles. The van der Waals surface area contributed by atoms with Crippen molar-refractivity contribution in [3.63, 3.8) is 0 Å². The first-order valence-electron chi connectivity index (χ1n) is 11.6. The van der Waals surface area contributed by atoms with E-state index in [9.17, 15) is 32.3 Å². The van der Waals surface area contributed by atoms with Gasteiger partial charge < -0.3 is 10.4 Å². The normalized spacial score (nSPS) is 17.7. The minimum Gasteiger partial charge on any atom is -0.382 e. The van der Waals surface area contributed by atoms with Gasteiger partial charge in [0.05, 0.1) is 23.8 Å². The smallest absolute Gasteiger partial charge is 0.382 e. The number of aromatic nitrogens is 6. The molecule has 2 aromatic carbocycles. The number of rotatable bonds is 8. The zero-order valence-corrected chi connectivity index (χ0v) is 20.6. The minimum atomic E-state index is -4.95. The van der Waals surface area contributed by atoms with E-state index >= 15 is 0 Å². The molecule has 1 aliphatic rings. The van der Waals surface area contributed by atoms with Gasteiger partial charge in [0.2, 0.25) is 0 Å². The number of hydrogen-bond donors (Lipinski definition) is 2. The third kappa shape index (κ3) is 5.71. The molecule has 15 heteroatoms. The van der Waals surface area contributed by atoms with Crippen molar-refractivity contribution in [2.75, 3.05) is 0 Å². The van der Waals surface area contributed by atoms with E-state index in [0.29, 0.717) is 20.8 Å². The predicted octanol–water partition coefficient (Wildman–Crippen LogP) is 2.76. The van der Waals surface area contributed by atoms with Crippen LogP contribution in [0.5, 0.6) is 0 Å². The van der Waals surface area contributed by atoms with E-state index in [-0.39, 0.29) is 30.2 Å². The molecule has 0 bridgehead atoms. The number of hydrogen-bond acceptors (Lipinski definition) is 6. The topological polar surface area (TPSA) is 120 Å². The number of para-hydroxylation sites is 1. The lowest BCUT2D eigenvalue weighted by Gasteiger charge is -2.15. The van der Waals surface area contributed by atoms with E-state index in [2.05, 4.69) is 20.5 Å². The van der Waals surface area contributed by atoms with Crippen LogP contribution in [0.3, 0.4) is 0 Å². The molecule has 0 radical (unpaired) electrons. The maximum Gasteiger partial charge on any atom is 0.416 e. The largest absolute Gasteiger partial charge is 0.416 e. The molecule has 4 aromatic rings. The van der Waals surface area contributed by atoms with Gasteiger partial charge in [-0.15, -0.1) is 10.2 Å². The second kappa shape index (κ2) is 10.3. The van der Waals surface area contributed by atoms with E-state index in [1.807, 2.05) is 0 Å². The molecule has 2 N–H and O–H groups in total. The number of amides is 1. The van der Waals surface area contributed by atoms with Gasteiger partial charge in [0.25, 0.3) is 5.91 Å². The van der Waals surface area contributed by atoms with Gasteiger partial charge in [-0.25, -0.2) is 23.5 Å². The van der Waals surface area contributed by atoms with E-state index < -0.39 is 42.6 Å². The number of aliphatic hydroxyl groups excluding tert-OH is 1. The molecule has 5 rings (SSSR count). The summed E-state index contributed by atoms with van der Waals surface area (Å²) in [5, 5.41) is 21.1. The molecule has 3 unspecified atom stereocenters. The Labute approximate surface area is 222 Å². The summed E-state index contributed by atoms with van der Waals surface area (Å²) in [4.78, 5) is 29.8. The Morgan fingerprint density at radius 1 is 1.15 bits per heavy atom. The summed E-state index contributed by atoms with van der Waals surface area (Å²) in [6.45, 7) is -1.40. The quantitative estimate of drug-likeness (QED) is 0.317. The maximum atomic E-state index is 13.2. The Kier molecular flexibility index (Phi) is 6.99. The molecule has 0 saturated heterocycles. The summed E-state index contributed by atoms with van der Waals surface area (Å²) >= 11 is 5.90. The molecule has 1 fully saturated rings. The monoisotopic (exact) mass is 565 g/mol. The van der Waals surface area contributed by atoms with Crippen molar-refractivity contribution in [1.82, 2.24) is 34.4 Å². The summed E-state index contributed by atoms with van der Waals surface area (Å²) in [6.07, 6.45) is -7.29. The summed E-state index contributed by atoms with van der Waals surface area (Å²) in [7, 11) is 0. The fraction of sp³-hybridized carbons (Fsp3) is 0.292. The van der Waals surface area contributed by atoms with Gasteiger partial charge >= 0.3 is 11.9 Å². The third-order valence-electron chi connectivity index (χ3n) is 6.01. The second-order valence-corrected chi connectivity index (χ2v) is 9.33. The van der Waals surface area contributed by atoms with Crippen molar-refractivity contribution in [3.8, 4) is 17.1 Å². The molecular formula is C24H20ClF4N7O3. The Balaban J connectivity index is 1.44. The molecule has 1 amide bonds. The van der Waals surface area contributed by atoms with E-state index in [0.717, 1.165) is 4.68 Å². The molecule has 39 heavy (non-hydrogen) atoms. The predicted molar refractivity (Wildman–Crippen MR) is 130 cm³/mol. The molecule has 204 valence electrons. The number of alkyl halides is 4. The lowest BCUT2D eigenvalue weighted by Crippen LogP contribution is -2.37. The highest BCUT2D eigenvalue weighted by atomic mass is 35.5. The molecule has 3 atom stereocenters. The van der Waals surface area contributed by atoms with E-state index in [4.69, 9.17) is 11.6 Å². The standard InChI is InChI=1S/C24H20ClF4N7O3/c25-14-7-5-13(6-8-14)21-33-35(23(39)34(21)10-19(37)24(27,28)29)11-20-30-12-36(32-20)18-4-2-1-3-15(18)22(38)31-17-9-16(17)26/h1-8,12,16-17,19,37H,9-11H2,(H,31,38). The van der Waals surface area contributed by atoms with Crippen LogP contribution in [0, 0.1) is 0 Å². The maximum absolute atomic E-state index is 13.2. The van der Waals surface area contributed by atoms with Crippen LogP contribution in [0.4, 0.5) is 17.6 Å². The van der Waals surface area contributed by atoms with Crippen LogP contribution in [-0.2, 0) is 13.1 Å². The fourth-order valence-corrected chi connectivity index (χ4v) is 3.97. The van der Waals surface area contributed by atoms with Crippen molar-refractivity contribution < 1.29 is 27.5 Å². The van der Waals surface area contributed by atoms with E-state index in [1.165, 1.54) is 41.3 Å². The van der Waals surface area contributed by atoms with Crippen molar-refractivity contribution in [1.29, 1.82) is 0 Å². The zero-order chi connectivity index (χ0) is 27.9. The van der Waals surface area contributed by atoms with Gasteiger partial charge in [0.15, 0.2) is 17.8 Å². The van der Waals surface area contributed by atoms with Crippen LogP contribution in [0.15, 0.2) is 59.7 Å². The molecule has 0 aliphatic heterocycles. The number of carbonyl (C=O) groups excluding carboxylic acids is 1. The number of aliphatic hydroxyl groups is 1.